The van der Waals surface area contributed by atoms with Crippen LogP contribution in [-0.4, -0.2) is 79.9 Å². The van der Waals surface area contributed by atoms with Gasteiger partial charge in [0.2, 0.25) is 5.91 Å². The second-order valence-electron chi connectivity index (χ2n) is 3.85. The van der Waals surface area contributed by atoms with Crippen LogP contribution in [0.25, 0.3) is 0 Å². The number of aliphatic hydroxyl groups excluding tert-OH is 1. The number of imide groups is 1. The Balaban J connectivity index is 2.19. The summed E-state index contributed by atoms with van der Waals surface area (Å²) in [5, 5.41) is 11.1. The van der Waals surface area contributed by atoms with Crippen molar-refractivity contribution in [2.45, 2.75) is 0 Å². The molecular formula is C10H19N3O4. The van der Waals surface area contributed by atoms with E-state index in [1.807, 2.05) is 0 Å². The monoisotopic (exact) mass is 245 g/mol. The molecule has 98 valence electrons. The summed E-state index contributed by atoms with van der Waals surface area (Å²) in [6.07, 6.45) is 0. The Labute approximate surface area is 100 Å². The predicted octanol–water partition coefficient (Wildman–Crippen LogP) is -1.52. The number of nitrogens with zero attached hydrogens (tertiary/aromatic N) is 2. The smallest absolute Gasteiger partial charge is 0.324 e. The topological polar surface area (TPSA) is 82.1 Å². The van der Waals surface area contributed by atoms with Crippen LogP contribution in [0.4, 0.5) is 4.79 Å². The van der Waals surface area contributed by atoms with Crippen LogP contribution in [0.2, 0.25) is 0 Å². The summed E-state index contributed by atoms with van der Waals surface area (Å²) in [4.78, 5) is 25.9. The van der Waals surface area contributed by atoms with Crippen LogP contribution in [0, 0.1) is 0 Å². The molecule has 0 spiro atoms. The van der Waals surface area contributed by atoms with Crippen molar-refractivity contribution in [1.29, 1.82) is 0 Å². The molecule has 1 fully saturated rings. The van der Waals surface area contributed by atoms with E-state index in [1.165, 1.54) is 4.90 Å². The maximum absolute atomic E-state index is 11.7. The molecule has 1 saturated heterocycles. The second kappa shape index (κ2) is 7.21. The Hall–Kier alpha value is -1.18. The molecule has 1 aliphatic heterocycles. The van der Waals surface area contributed by atoms with Crippen LogP contribution in [0.15, 0.2) is 0 Å². The van der Waals surface area contributed by atoms with Gasteiger partial charge in [0.05, 0.1) is 26.4 Å². The molecule has 0 saturated carbocycles. The summed E-state index contributed by atoms with van der Waals surface area (Å²) in [5.74, 6) is -0.204. The average Bonchev–Trinajstić information content (AvgIpc) is 2.71. The molecule has 3 amide bonds. The van der Waals surface area contributed by atoms with E-state index >= 15 is 0 Å². The van der Waals surface area contributed by atoms with E-state index in [2.05, 4.69) is 5.32 Å². The quantitative estimate of drug-likeness (QED) is 0.532. The second-order valence-corrected chi connectivity index (χ2v) is 3.85. The van der Waals surface area contributed by atoms with Crippen molar-refractivity contribution in [3.8, 4) is 0 Å². The highest BCUT2D eigenvalue weighted by Gasteiger charge is 2.26. The zero-order chi connectivity index (χ0) is 12.7. The predicted molar refractivity (Wildman–Crippen MR) is 60.5 cm³/mol. The number of hydrogen-bond donors (Lipinski definition) is 2. The number of amides is 3. The highest BCUT2D eigenvalue weighted by Crippen LogP contribution is 1.98. The number of likely N-dealkylation sites (N-methyl/N-ethyl adjacent to an activating group) is 1. The standard InChI is InChI=1S/C10H19N3O4/c1-12(4-6-17-7-5-14)8-9(15)13-3-2-11-10(13)16/h14H,2-8H2,1H3,(H,11,16). The molecule has 2 N–H and O–H groups in total. The summed E-state index contributed by atoms with van der Waals surface area (Å²) in [7, 11) is 1.79. The lowest BCUT2D eigenvalue weighted by molar-refractivity contribution is -0.128. The van der Waals surface area contributed by atoms with Gasteiger partial charge in [-0.3, -0.25) is 14.6 Å². The Morgan fingerprint density at radius 2 is 2.35 bits per heavy atom. The van der Waals surface area contributed by atoms with E-state index in [-0.39, 0.29) is 25.1 Å². The van der Waals surface area contributed by atoms with Crippen molar-refractivity contribution in [1.82, 2.24) is 15.1 Å². The van der Waals surface area contributed by atoms with Gasteiger partial charge in [0.25, 0.3) is 0 Å². The van der Waals surface area contributed by atoms with Gasteiger partial charge in [0.1, 0.15) is 0 Å². The maximum Gasteiger partial charge on any atom is 0.324 e. The third-order valence-corrected chi connectivity index (χ3v) is 2.42. The first-order chi connectivity index (χ1) is 8.15. The van der Waals surface area contributed by atoms with E-state index in [1.54, 1.807) is 11.9 Å². The van der Waals surface area contributed by atoms with Gasteiger partial charge in [-0.25, -0.2) is 4.79 Å². The van der Waals surface area contributed by atoms with Crippen LogP contribution >= 0.6 is 0 Å². The molecule has 0 aromatic rings. The molecule has 1 aliphatic rings. The van der Waals surface area contributed by atoms with Crippen molar-refractivity contribution in [3.05, 3.63) is 0 Å². The lowest BCUT2D eigenvalue weighted by Gasteiger charge is -2.19. The zero-order valence-corrected chi connectivity index (χ0v) is 10.0. The first kappa shape index (κ1) is 13.9. The fourth-order valence-electron chi connectivity index (χ4n) is 1.49. The van der Waals surface area contributed by atoms with Crippen molar-refractivity contribution in [2.24, 2.45) is 0 Å². The normalized spacial score (nSPS) is 15.5. The molecule has 0 aromatic carbocycles. The molecule has 1 heterocycles. The number of urea groups is 1. The van der Waals surface area contributed by atoms with Crippen LogP contribution in [-0.2, 0) is 9.53 Å². The number of ether oxygens (including phenoxy) is 1. The number of aliphatic hydroxyl groups is 1. The van der Waals surface area contributed by atoms with Gasteiger partial charge < -0.3 is 15.2 Å². The van der Waals surface area contributed by atoms with Gasteiger partial charge >= 0.3 is 6.03 Å². The van der Waals surface area contributed by atoms with Gasteiger partial charge in [-0.1, -0.05) is 0 Å². The largest absolute Gasteiger partial charge is 0.394 e. The van der Waals surface area contributed by atoms with Gasteiger partial charge in [0, 0.05) is 19.6 Å². The third kappa shape index (κ3) is 4.68. The molecule has 0 radical (unpaired) electrons. The van der Waals surface area contributed by atoms with Crippen molar-refractivity contribution < 1.29 is 19.4 Å². The van der Waals surface area contributed by atoms with Crippen LogP contribution in [0.3, 0.4) is 0 Å². The van der Waals surface area contributed by atoms with Crippen LogP contribution in [0.1, 0.15) is 0 Å². The lowest BCUT2D eigenvalue weighted by Crippen LogP contribution is -2.41. The van der Waals surface area contributed by atoms with Gasteiger partial charge in [-0.15, -0.1) is 0 Å². The Morgan fingerprint density at radius 3 is 2.94 bits per heavy atom. The molecule has 17 heavy (non-hydrogen) atoms. The summed E-state index contributed by atoms with van der Waals surface area (Å²) in [6.45, 7) is 2.49. The van der Waals surface area contributed by atoms with Gasteiger partial charge in [0.15, 0.2) is 0 Å². The van der Waals surface area contributed by atoms with Crippen molar-refractivity contribution in [3.63, 3.8) is 0 Å². The molecule has 0 aromatic heterocycles. The Kier molecular flexibility index (Phi) is 5.88. The SMILES string of the molecule is CN(CCOCCO)CC(=O)N1CCNC1=O. The van der Waals surface area contributed by atoms with Crippen molar-refractivity contribution in [2.75, 3.05) is 53.0 Å². The molecule has 0 unspecified atom stereocenters. The molecule has 0 aliphatic carbocycles. The van der Waals surface area contributed by atoms with Gasteiger partial charge in [-0.2, -0.15) is 0 Å². The van der Waals surface area contributed by atoms with E-state index in [4.69, 9.17) is 9.84 Å². The Bertz CT molecular complexity index is 272. The maximum atomic E-state index is 11.7. The Morgan fingerprint density at radius 1 is 1.59 bits per heavy atom. The zero-order valence-electron chi connectivity index (χ0n) is 10.0. The minimum atomic E-state index is -0.320. The number of nitrogens with one attached hydrogen (secondary N) is 1. The third-order valence-electron chi connectivity index (χ3n) is 2.42. The molecule has 7 nitrogen and oxygen atoms in total. The molecule has 7 heteroatoms. The average molecular weight is 245 g/mol. The molecule has 0 atom stereocenters. The van der Waals surface area contributed by atoms with Gasteiger partial charge in [-0.05, 0) is 7.05 Å². The summed E-state index contributed by atoms with van der Waals surface area (Å²) >= 11 is 0. The number of hydrogen-bond acceptors (Lipinski definition) is 5. The molecular weight excluding hydrogens is 226 g/mol. The van der Waals surface area contributed by atoms with E-state index < -0.39 is 0 Å². The van der Waals surface area contributed by atoms with Crippen molar-refractivity contribution >= 4 is 11.9 Å². The minimum absolute atomic E-state index is 0.00338. The molecule has 0 bridgehead atoms. The van der Waals surface area contributed by atoms with Crippen LogP contribution in [0.5, 0.6) is 0 Å². The van der Waals surface area contributed by atoms with E-state index in [0.717, 1.165) is 0 Å². The lowest BCUT2D eigenvalue weighted by atomic mass is 10.4. The summed E-state index contributed by atoms with van der Waals surface area (Å²) in [5.41, 5.74) is 0. The fourth-order valence-corrected chi connectivity index (χ4v) is 1.49. The van der Waals surface area contributed by atoms with E-state index in [9.17, 15) is 9.59 Å². The number of carbonyl (C=O) groups is 2. The highest BCUT2D eigenvalue weighted by atomic mass is 16.5. The van der Waals surface area contributed by atoms with Crippen LogP contribution < -0.4 is 5.32 Å². The molecule has 1 rings (SSSR count). The van der Waals surface area contributed by atoms with E-state index in [0.29, 0.717) is 32.8 Å². The fraction of sp³-hybridized carbons (Fsp3) is 0.800. The summed E-state index contributed by atoms with van der Waals surface area (Å²) < 4.78 is 5.09. The number of carbonyl (C=O) groups excluding carboxylic acids is 2. The minimum Gasteiger partial charge on any atom is -0.394 e. The first-order valence-corrected chi connectivity index (χ1v) is 5.60. The summed E-state index contributed by atoms with van der Waals surface area (Å²) in [6, 6.07) is -0.320. The number of rotatable bonds is 7. The highest BCUT2D eigenvalue weighted by molar-refractivity contribution is 5.96. The first-order valence-electron chi connectivity index (χ1n) is 5.60.